The third kappa shape index (κ3) is 4.40. The van der Waals surface area contributed by atoms with E-state index in [4.69, 9.17) is 4.98 Å². The fraction of sp³-hybridized carbons (Fsp3) is 0.250. The molecule has 8 heteroatoms. The number of hydrogen-bond acceptors (Lipinski definition) is 5. The van der Waals surface area contributed by atoms with Crippen LogP contribution in [0.15, 0.2) is 54.0 Å². The van der Waals surface area contributed by atoms with Crippen molar-refractivity contribution in [3.63, 3.8) is 0 Å². The van der Waals surface area contributed by atoms with E-state index in [-0.39, 0.29) is 24.4 Å². The lowest BCUT2D eigenvalue weighted by atomic mass is 10.1. The Morgan fingerprint density at radius 1 is 1.16 bits per heavy atom. The Hall–Kier alpha value is -3.52. The van der Waals surface area contributed by atoms with Crippen LogP contribution in [-0.2, 0) is 11.2 Å². The Bertz CT molecular complexity index is 1260. The molecule has 32 heavy (non-hydrogen) atoms. The molecule has 0 spiro atoms. The second-order valence-corrected chi connectivity index (χ2v) is 8.64. The molecular weight excluding hydrogens is 422 g/mol. The van der Waals surface area contributed by atoms with Gasteiger partial charge < -0.3 is 10.6 Å². The average molecular weight is 448 g/mol. The van der Waals surface area contributed by atoms with Crippen LogP contribution in [0.3, 0.4) is 0 Å². The summed E-state index contributed by atoms with van der Waals surface area (Å²) in [4.78, 5) is 31.3. The van der Waals surface area contributed by atoms with Crippen molar-refractivity contribution < 1.29 is 9.59 Å². The minimum atomic E-state index is -0.336. The summed E-state index contributed by atoms with van der Waals surface area (Å²) in [7, 11) is 0. The number of thiophene rings is 1. The lowest BCUT2D eigenvalue weighted by Gasteiger charge is -2.12. The van der Waals surface area contributed by atoms with E-state index < -0.39 is 0 Å². The Labute approximate surface area is 190 Å². The maximum absolute atomic E-state index is 13.1. The first-order chi connectivity index (χ1) is 15.5. The van der Waals surface area contributed by atoms with E-state index in [1.165, 1.54) is 0 Å². The quantitative estimate of drug-likeness (QED) is 0.431. The Morgan fingerprint density at radius 2 is 1.97 bits per heavy atom. The zero-order valence-electron chi connectivity index (χ0n) is 18.3. The molecule has 3 aromatic heterocycles. The highest BCUT2D eigenvalue weighted by Crippen LogP contribution is 2.28. The van der Waals surface area contributed by atoms with Gasteiger partial charge in [0.1, 0.15) is 0 Å². The molecule has 4 rings (SSSR count). The van der Waals surface area contributed by atoms with Gasteiger partial charge >= 0.3 is 0 Å². The van der Waals surface area contributed by atoms with Gasteiger partial charge in [0.05, 0.1) is 34.3 Å². The number of carbonyl (C=O) groups is 2. The number of rotatable bonds is 7. The lowest BCUT2D eigenvalue weighted by Crippen LogP contribution is -2.33. The molecule has 2 N–H and O–H groups in total. The van der Waals surface area contributed by atoms with Gasteiger partial charge in [0.2, 0.25) is 5.91 Å². The minimum Gasteiger partial charge on any atom is -0.343 e. The van der Waals surface area contributed by atoms with Crippen LogP contribution in [-0.4, -0.2) is 33.1 Å². The lowest BCUT2D eigenvalue weighted by molar-refractivity contribution is -0.115. The van der Waals surface area contributed by atoms with Crippen LogP contribution < -0.4 is 10.6 Å². The number of benzene rings is 1. The Kier molecular flexibility index (Phi) is 6.32. The number of pyridine rings is 1. The highest BCUT2D eigenvalue weighted by molar-refractivity contribution is 7.13. The largest absolute Gasteiger partial charge is 0.343 e. The molecule has 2 amide bonds. The molecule has 0 atom stereocenters. The normalized spacial score (nSPS) is 11.1. The number of aromatic nitrogens is 3. The van der Waals surface area contributed by atoms with Gasteiger partial charge in [-0.25, -0.2) is 9.67 Å². The molecule has 7 nitrogen and oxygen atoms in total. The van der Waals surface area contributed by atoms with E-state index in [1.807, 2.05) is 62.5 Å². The highest BCUT2D eigenvalue weighted by Gasteiger charge is 2.19. The van der Waals surface area contributed by atoms with Crippen LogP contribution in [0.5, 0.6) is 0 Å². The molecule has 0 fully saturated rings. The van der Waals surface area contributed by atoms with Gasteiger partial charge in [-0.05, 0) is 49.4 Å². The number of amides is 2. The van der Waals surface area contributed by atoms with E-state index in [9.17, 15) is 9.59 Å². The maximum Gasteiger partial charge on any atom is 0.252 e. The van der Waals surface area contributed by atoms with Crippen molar-refractivity contribution in [3.05, 3.63) is 65.2 Å². The summed E-state index contributed by atoms with van der Waals surface area (Å²) >= 11 is 1.56. The molecule has 0 bridgehead atoms. The molecule has 1 aromatic carbocycles. The molecule has 0 aliphatic heterocycles. The number of fused-ring (bicyclic) bond motifs is 1. The first-order valence-corrected chi connectivity index (χ1v) is 11.4. The van der Waals surface area contributed by atoms with Crippen LogP contribution in [0, 0.1) is 0 Å². The molecule has 3 heterocycles. The van der Waals surface area contributed by atoms with Crippen LogP contribution in [0.2, 0.25) is 0 Å². The van der Waals surface area contributed by atoms with Crippen LogP contribution in [0.1, 0.15) is 42.7 Å². The maximum atomic E-state index is 13.1. The van der Waals surface area contributed by atoms with Crippen molar-refractivity contribution in [2.75, 3.05) is 11.9 Å². The molecule has 0 radical (unpaired) electrons. The second-order valence-electron chi connectivity index (χ2n) is 7.69. The minimum absolute atomic E-state index is 0.0962. The summed E-state index contributed by atoms with van der Waals surface area (Å²) in [6, 6.07) is 13.4. The molecule has 0 aliphatic rings. The van der Waals surface area contributed by atoms with E-state index >= 15 is 0 Å². The number of anilines is 1. The third-order valence-electron chi connectivity index (χ3n) is 5.16. The molecule has 0 aliphatic carbocycles. The number of carbonyl (C=O) groups excluding carboxylic acids is 2. The summed E-state index contributed by atoms with van der Waals surface area (Å²) in [5.74, 6) is -0.613. The highest BCUT2D eigenvalue weighted by atomic mass is 32.1. The summed E-state index contributed by atoms with van der Waals surface area (Å²) in [6.07, 6.45) is 2.47. The van der Waals surface area contributed by atoms with Gasteiger partial charge in [-0.2, -0.15) is 5.10 Å². The summed E-state index contributed by atoms with van der Waals surface area (Å²) in [5.41, 5.74) is 3.62. The fourth-order valence-corrected chi connectivity index (χ4v) is 4.22. The number of nitrogens with zero attached hydrogens (tertiary/aromatic N) is 3. The van der Waals surface area contributed by atoms with E-state index in [0.717, 1.165) is 22.5 Å². The molecular formula is C24H25N5O2S. The molecule has 0 unspecified atom stereocenters. The number of hydrogen-bond donors (Lipinski definition) is 2. The SMILES string of the molecule is CCc1ccccc1NC(=O)CNC(=O)c1cc(-c2cccs2)nc2c1cnn2C(C)C. The zero-order valence-corrected chi connectivity index (χ0v) is 19.1. The monoisotopic (exact) mass is 447 g/mol. The molecule has 4 aromatic rings. The molecule has 0 saturated carbocycles. The average Bonchev–Trinajstić information content (AvgIpc) is 3.47. The topological polar surface area (TPSA) is 88.9 Å². The Morgan fingerprint density at radius 3 is 2.69 bits per heavy atom. The van der Waals surface area contributed by atoms with Gasteiger partial charge in [-0.15, -0.1) is 11.3 Å². The van der Waals surface area contributed by atoms with Gasteiger partial charge in [-0.1, -0.05) is 31.2 Å². The predicted octanol–water partition coefficient (Wildman–Crippen LogP) is 4.67. The molecule has 164 valence electrons. The fourth-order valence-electron chi connectivity index (χ4n) is 3.54. The van der Waals surface area contributed by atoms with Gasteiger partial charge in [0, 0.05) is 11.7 Å². The van der Waals surface area contributed by atoms with Crippen molar-refractivity contribution >= 4 is 39.9 Å². The summed E-state index contributed by atoms with van der Waals surface area (Å²) in [5, 5.41) is 12.7. The van der Waals surface area contributed by atoms with E-state index in [1.54, 1.807) is 28.3 Å². The van der Waals surface area contributed by atoms with Crippen molar-refractivity contribution in [2.24, 2.45) is 0 Å². The third-order valence-corrected chi connectivity index (χ3v) is 6.05. The summed E-state index contributed by atoms with van der Waals surface area (Å²) < 4.78 is 1.80. The number of para-hydroxylation sites is 1. The number of nitrogens with one attached hydrogen (secondary N) is 2. The van der Waals surface area contributed by atoms with Crippen LogP contribution in [0.25, 0.3) is 21.6 Å². The van der Waals surface area contributed by atoms with Crippen molar-refractivity contribution in [1.29, 1.82) is 0 Å². The van der Waals surface area contributed by atoms with Gasteiger partial charge in [0.25, 0.3) is 5.91 Å². The van der Waals surface area contributed by atoms with Gasteiger partial charge in [0.15, 0.2) is 5.65 Å². The standard InChI is InChI=1S/C24H25N5O2S/c1-4-16-8-5-6-9-19(16)27-22(30)14-25-24(31)17-12-20(21-10-7-11-32-21)28-23-18(17)13-26-29(23)15(2)3/h5-13,15H,4,14H2,1-3H3,(H,25,31)(H,27,30). The van der Waals surface area contributed by atoms with Crippen molar-refractivity contribution in [2.45, 2.75) is 33.2 Å². The zero-order chi connectivity index (χ0) is 22.7. The first kappa shape index (κ1) is 21.7. The number of aryl methyl sites for hydroxylation is 1. The van der Waals surface area contributed by atoms with Gasteiger partial charge in [-0.3, -0.25) is 9.59 Å². The van der Waals surface area contributed by atoms with E-state index in [2.05, 4.69) is 15.7 Å². The van der Waals surface area contributed by atoms with Crippen molar-refractivity contribution in [1.82, 2.24) is 20.1 Å². The van der Waals surface area contributed by atoms with E-state index in [0.29, 0.717) is 22.3 Å². The smallest absolute Gasteiger partial charge is 0.252 e. The van der Waals surface area contributed by atoms with Crippen molar-refractivity contribution in [3.8, 4) is 10.6 Å². The Balaban J connectivity index is 1.58. The van der Waals surface area contributed by atoms with Crippen LogP contribution >= 0.6 is 11.3 Å². The van der Waals surface area contributed by atoms with Crippen LogP contribution in [0.4, 0.5) is 5.69 Å². The molecule has 0 saturated heterocycles. The first-order valence-electron chi connectivity index (χ1n) is 10.6. The predicted molar refractivity (Wildman–Crippen MR) is 128 cm³/mol. The summed E-state index contributed by atoms with van der Waals surface area (Å²) in [6.45, 7) is 5.94. The second kappa shape index (κ2) is 9.32.